The van der Waals surface area contributed by atoms with Gasteiger partial charge in [0.2, 0.25) is 0 Å². The van der Waals surface area contributed by atoms with E-state index in [0.717, 1.165) is 23.3 Å². The number of aromatic amines is 1. The van der Waals surface area contributed by atoms with E-state index < -0.39 is 5.60 Å². The zero-order valence-corrected chi connectivity index (χ0v) is 15.4. The van der Waals surface area contributed by atoms with Crippen molar-refractivity contribution in [2.75, 3.05) is 0 Å². The molecule has 138 valence electrons. The number of nitrogens with zero attached hydrogens (tertiary/aromatic N) is 4. The van der Waals surface area contributed by atoms with Crippen molar-refractivity contribution in [3.8, 4) is 10.4 Å². The Morgan fingerprint density at radius 3 is 2.67 bits per heavy atom. The predicted molar refractivity (Wildman–Crippen MR) is 100 cm³/mol. The van der Waals surface area contributed by atoms with Gasteiger partial charge in [0, 0.05) is 59.3 Å². The summed E-state index contributed by atoms with van der Waals surface area (Å²) in [5.41, 5.74) is 0.631. The Morgan fingerprint density at radius 2 is 2.00 bits per heavy atom. The number of carbonyl (C=O) groups is 1. The van der Waals surface area contributed by atoms with Crippen molar-refractivity contribution in [3.05, 3.63) is 53.7 Å². The quantitative estimate of drug-likeness (QED) is 0.727. The largest absolute Gasteiger partial charge is 0.382 e. The molecular formula is C19H19N5O2S. The molecule has 3 aromatic rings. The maximum absolute atomic E-state index is 13.2. The van der Waals surface area contributed by atoms with Crippen LogP contribution in [-0.4, -0.2) is 48.2 Å². The third kappa shape index (κ3) is 2.76. The van der Waals surface area contributed by atoms with Crippen LogP contribution in [0.15, 0.2) is 42.3 Å². The van der Waals surface area contributed by atoms with Crippen LogP contribution in [0.5, 0.6) is 0 Å². The molecule has 8 heteroatoms. The number of carbonyl (C=O) groups excluding carboxylic acids is 1. The summed E-state index contributed by atoms with van der Waals surface area (Å²) in [5.74, 6) is 0.510. The minimum atomic E-state index is -1.06. The molecule has 27 heavy (non-hydrogen) atoms. The van der Waals surface area contributed by atoms with Gasteiger partial charge < -0.3 is 10.0 Å². The van der Waals surface area contributed by atoms with Crippen molar-refractivity contribution in [2.24, 2.45) is 0 Å². The first kappa shape index (κ1) is 16.6. The molecule has 7 nitrogen and oxygen atoms in total. The van der Waals surface area contributed by atoms with Gasteiger partial charge >= 0.3 is 0 Å². The summed E-state index contributed by atoms with van der Waals surface area (Å²) < 4.78 is 0. The van der Waals surface area contributed by atoms with Gasteiger partial charge in [0.25, 0.3) is 5.91 Å². The number of hydrogen-bond donors (Lipinski definition) is 2. The number of rotatable bonds is 3. The highest BCUT2D eigenvalue weighted by Crippen LogP contribution is 2.45. The van der Waals surface area contributed by atoms with Crippen molar-refractivity contribution in [2.45, 2.75) is 43.4 Å². The second-order valence-electron chi connectivity index (χ2n) is 7.30. The van der Waals surface area contributed by atoms with E-state index in [-0.39, 0.29) is 18.0 Å². The van der Waals surface area contributed by atoms with Crippen LogP contribution < -0.4 is 0 Å². The summed E-state index contributed by atoms with van der Waals surface area (Å²) in [6, 6.07) is 3.71. The van der Waals surface area contributed by atoms with E-state index >= 15 is 0 Å². The summed E-state index contributed by atoms with van der Waals surface area (Å²) in [5, 5.41) is 19.8. The van der Waals surface area contributed by atoms with E-state index in [2.05, 4.69) is 20.2 Å². The summed E-state index contributed by atoms with van der Waals surface area (Å²) in [6.45, 7) is 0. The topological polar surface area (TPSA) is 95.0 Å². The van der Waals surface area contributed by atoms with Gasteiger partial charge in [0.1, 0.15) is 5.60 Å². The van der Waals surface area contributed by atoms with Crippen molar-refractivity contribution in [1.29, 1.82) is 0 Å². The Morgan fingerprint density at radius 1 is 1.26 bits per heavy atom. The van der Waals surface area contributed by atoms with Crippen LogP contribution >= 0.6 is 11.3 Å². The molecule has 2 N–H and O–H groups in total. The van der Waals surface area contributed by atoms with Crippen LogP contribution in [0, 0.1) is 0 Å². The fourth-order valence-corrected chi connectivity index (χ4v) is 5.28. The number of hydrogen-bond acceptors (Lipinski definition) is 6. The van der Waals surface area contributed by atoms with Gasteiger partial charge in [-0.2, -0.15) is 5.10 Å². The Bertz CT molecular complexity index is 942. The van der Waals surface area contributed by atoms with Crippen LogP contribution in [0.3, 0.4) is 0 Å². The van der Waals surface area contributed by atoms with Gasteiger partial charge in [0.15, 0.2) is 5.82 Å². The molecule has 3 atom stereocenters. The Balaban J connectivity index is 1.39. The van der Waals surface area contributed by atoms with Gasteiger partial charge in [-0.3, -0.25) is 9.89 Å². The summed E-state index contributed by atoms with van der Waals surface area (Å²) in [6.07, 6.45) is 9.67. The maximum Gasteiger partial charge on any atom is 0.255 e. The number of aromatic nitrogens is 4. The minimum absolute atomic E-state index is 0.0160. The zero-order valence-electron chi connectivity index (χ0n) is 14.6. The van der Waals surface area contributed by atoms with Crippen LogP contribution in [-0.2, 0) is 5.60 Å². The molecule has 3 aromatic heterocycles. The molecule has 2 fully saturated rings. The molecular weight excluding hydrogens is 362 g/mol. The van der Waals surface area contributed by atoms with Crippen molar-refractivity contribution < 1.29 is 9.90 Å². The normalized spacial score (nSPS) is 27.1. The maximum atomic E-state index is 13.2. The van der Waals surface area contributed by atoms with E-state index in [1.807, 2.05) is 22.5 Å². The van der Waals surface area contributed by atoms with Crippen molar-refractivity contribution in [1.82, 2.24) is 25.1 Å². The second kappa shape index (κ2) is 6.24. The lowest BCUT2D eigenvalue weighted by Gasteiger charge is -2.42. The second-order valence-corrected chi connectivity index (χ2v) is 8.21. The lowest BCUT2D eigenvalue weighted by atomic mass is 9.85. The smallest absolute Gasteiger partial charge is 0.255 e. The molecule has 0 aromatic carbocycles. The Hall–Kier alpha value is -2.58. The number of nitrogens with one attached hydrogen (secondary N) is 1. The third-order valence-electron chi connectivity index (χ3n) is 5.61. The van der Waals surface area contributed by atoms with Gasteiger partial charge in [-0.25, -0.2) is 9.97 Å². The summed E-state index contributed by atoms with van der Waals surface area (Å²) >= 11 is 1.54. The van der Waals surface area contributed by atoms with Crippen molar-refractivity contribution in [3.63, 3.8) is 0 Å². The minimum Gasteiger partial charge on any atom is -0.382 e. The van der Waals surface area contributed by atoms with Crippen LogP contribution in [0.2, 0.25) is 0 Å². The Kier molecular flexibility index (Phi) is 3.84. The number of aliphatic hydroxyl groups is 1. The number of fused-ring (bicyclic) bond motifs is 2. The van der Waals surface area contributed by atoms with Gasteiger partial charge in [0.05, 0.1) is 11.8 Å². The fourth-order valence-electron chi connectivity index (χ4n) is 4.41. The van der Waals surface area contributed by atoms with E-state index in [0.29, 0.717) is 24.2 Å². The lowest BCUT2D eigenvalue weighted by Crippen LogP contribution is -2.52. The lowest BCUT2D eigenvalue weighted by molar-refractivity contribution is -0.0539. The average molecular weight is 381 g/mol. The molecule has 0 saturated carbocycles. The van der Waals surface area contributed by atoms with Gasteiger partial charge in [-0.05, 0) is 25.0 Å². The molecule has 1 amide bonds. The van der Waals surface area contributed by atoms with E-state index in [9.17, 15) is 9.90 Å². The van der Waals surface area contributed by atoms with Gasteiger partial charge in [-0.1, -0.05) is 0 Å². The van der Waals surface area contributed by atoms with Gasteiger partial charge in [-0.15, -0.1) is 11.3 Å². The number of amides is 1. The van der Waals surface area contributed by atoms with Crippen LogP contribution in [0.1, 0.15) is 41.9 Å². The first-order valence-corrected chi connectivity index (χ1v) is 9.92. The molecule has 2 aliphatic rings. The van der Waals surface area contributed by atoms with E-state index in [1.165, 1.54) is 0 Å². The molecule has 0 radical (unpaired) electrons. The highest BCUT2D eigenvalue weighted by molar-refractivity contribution is 7.13. The molecule has 5 heterocycles. The molecule has 1 unspecified atom stereocenters. The molecule has 0 spiro atoms. The third-order valence-corrected chi connectivity index (χ3v) is 6.59. The summed E-state index contributed by atoms with van der Waals surface area (Å²) in [7, 11) is 0. The zero-order chi connectivity index (χ0) is 18.4. The fraction of sp³-hybridized carbons (Fsp3) is 0.368. The predicted octanol–water partition coefficient (Wildman–Crippen LogP) is 2.58. The van der Waals surface area contributed by atoms with E-state index in [4.69, 9.17) is 0 Å². The Labute approximate surface area is 160 Å². The molecule has 2 saturated heterocycles. The van der Waals surface area contributed by atoms with Crippen molar-refractivity contribution >= 4 is 17.2 Å². The number of piperidine rings is 1. The first-order valence-electron chi connectivity index (χ1n) is 9.04. The summed E-state index contributed by atoms with van der Waals surface area (Å²) in [4.78, 5) is 24.7. The highest BCUT2D eigenvalue weighted by Gasteiger charge is 2.51. The van der Waals surface area contributed by atoms with E-state index in [1.54, 1.807) is 36.0 Å². The standard InChI is InChI=1S/C19H19N5O2S/c25-17(12-6-16(27-11-12)13-9-22-23-10-13)24-14-2-3-15(24)8-19(26,7-14)18-20-4-1-5-21-18/h1,4-6,9-11,14-15,26H,2-3,7-8H2,(H,22,23)/t14-,15?,19+/m1/s1. The number of H-pyrrole nitrogens is 1. The average Bonchev–Trinajstić information content (AvgIpc) is 3.41. The monoisotopic (exact) mass is 381 g/mol. The SMILES string of the molecule is O=C(c1csc(-c2cn[nH]c2)c1)N1C2CC[C@@H]1C[C@@](O)(c1ncccn1)C2. The molecule has 5 rings (SSSR count). The molecule has 2 aliphatic heterocycles. The number of thiophene rings is 1. The highest BCUT2D eigenvalue weighted by atomic mass is 32.1. The molecule has 2 bridgehead atoms. The van der Waals surface area contributed by atoms with Crippen LogP contribution in [0.4, 0.5) is 0 Å². The first-order chi connectivity index (χ1) is 13.1. The van der Waals surface area contributed by atoms with Crippen LogP contribution in [0.25, 0.3) is 10.4 Å². The molecule has 0 aliphatic carbocycles.